The molecule has 2 nitrogen and oxygen atoms in total. The number of aromatic nitrogens is 2. The Morgan fingerprint density at radius 3 is 1.78 bits per heavy atom. The molecule has 0 aromatic carbocycles. The quantitative estimate of drug-likeness (QED) is 0.173. The Kier molecular flexibility index (Phi) is 15.6. The van der Waals surface area contributed by atoms with Crippen LogP contribution in [0.25, 0.3) is 0 Å². The Balaban J connectivity index is 2.27. The Hall–Kier alpha value is -0.790. The number of hydrogen-bond donors (Lipinski definition) is 0. The molecule has 0 aliphatic carbocycles. The van der Waals surface area contributed by atoms with Crippen LogP contribution in [0.1, 0.15) is 129 Å². The Morgan fingerprint density at radius 2 is 1.15 bits per heavy atom. The monoisotopic (exact) mass is 377 g/mol. The second kappa shape index (κ2) is 17.3. The maximum absolute atomic E-state index is 2.56. The zero-order valence-electron chi connectivity index (χ0n) is 19.0. The van der Waals surface area contributed by atoms with Gasteiger partial charge >= 0.3 is 0 Å². The summed E-state index contributed by atoms with van der Waals surface area (Å²) in [6, 6.07) is 0. The van der Waals surface area contributed by atoms with Gasteiger partial charge in [-0.1, -0.05) is 91.4 Å². The summed E-state index contributed by atoms with van der Waals surface area (Å²) in [6.07, 6.45) is 28.2. The first-order valence-electron chi connectivity index (χ1n) is 12.4. The molecule has 0 spiro atoms. The summed E-state index contributed by atoms with van der Waals surface area (Å²) in [7, 11) is 0. The van der Waals surface area contributed by atoms with Gasteiger partial charge in [0.05, 0.1) is 13.1 Å². The van der Waals surface area contributed by atoms with E-state index in [0.29, 0.717) is 0 Å². The van der Waals surface area contributed by atoms with Crippen LogP contribution in [0, 0.1) is 0 Å². The van der Waals surface area contributed by atoms with E-state index < -0.39 is 0 Å². The third kappa shape index (κ3) is 11.6. The average Bonchev–Trinajstić information content (AvgIpc) is 3.05. The highest BCUT2D eigenvalue weighted by Gasteiger charge is 2.16. The Morgan fingerprint density at radius 1 is 0.630 bits per heavy atom. The molecular formula is C25H49N2+. The van der Waals surface area contributed by atoms with Crippen LogP contribution in [-0.2, 0) is 19.5 Å². The lowest BCUT2D eigenvalue weighted by Crippen LogP contribution is -2.37. The van der Waals surface area contributed by atoms with Crippen molar-refractivity contribution < 1.29 is 4.57 Å². The van der Waals surface area contributed by atoms with Gasteiger partial charge in [0, 0.05) is 6.42 Å². The molecule has 0 aliphatic rings. The topological polar surface area (TPSA) is 8.81 Å². The van der Waals surface area contributed by atoms with Crippen LogP contribution >= 0.6 is 0 Å². The fourth-order valence-corrected chi connectivity index (χ4v) is 4.03. The van der Waals surface area contributed by atoms with E-state index in [0.717, 1.165) is 0 Å². The summed E-state index contributed by atoms with van der Waals surface area (Å²) in [4.78, 5) is 0. The third-order valence-electron chi connectivity index (χ3n) is 5.85. The number of unbranched alkanes of at least 4 members (excludes halogenated alkanes) is 13. The molecule has 0 amide bonds. The Labute approximate surface area is 170 Å². The predicted molar refractivity (Wildman–Crippen MR) is 119 cm³/mol. The van der Waals surface area contributed by atoms with Crippen LogP contribution in [-0.4, -0.2) is 4.57 Å². The van der Waals surface area contributed by atoms with Crippen molar-refractivity contribution in [1.29, 1.82) is 0 Å². The predicted octanol–water partition coefficient (Wildman–Crippen LogP) is 7.62. The van der Waals surface area contributed by atoms with Gasteiger partial charge in [0.2, 0.25) is 0 Å². The van der Waals surface area contributed by atoms with Gasteiger partial charge in [0.25, 0.3) is 5.82 Å². The highest BCUT2D eigenvalue weighted by atomic mass is 15.1. The maximum Gasteiger partial charge on any atom is 0.256 e. The van der Waals surface area contributed by atoms with E-state index in [1.54, 1.807) is 5.82 Å². The van der Waals surface area contributed by atoms with Crippen molar-refractivity contribution >= 4 is 0 Å². The molecule has 0 unspecified atom stereocenters. The average molecular weight is 378 g/mol. The molecule has 0 bridgehead atoms. The van der Waals surface area contributed by atoms with Crippen molar-refractivity contribution in [1.82, 2.24) is 4.57 Å². The molecule has 0 N–H and O–H groups in total. The van der Waals surface area contributed by atoms with Crippen molar-refractivity contribution in [3.05, 3.63) is 18.2 Å². The Bertz CT molecular complexity index is 436. The van der Waals surface area contributed by atoms with E-state index in [-0.39, 0.29) is 0 Å². The maximum atomic E-state index is 2.56. The van der Waals surface area contributed by atoms with E-state index in [9.17, 15) is 0 Å². The van der Waals surface area contributed by atoms with Crippen LogP contribution < -0.4 is 4.57 Å². The van der Waals surface area contributed by atoms with E-state index in [2.05, 4.69) is 42.3 Å². The van der Waals surface area contributed by atoms with E-state index in [4.69, 9.17) is 0 Å². The van der Waals surface area contributed by atoms with Gasteiger partial charge in [-0.3, -0.25) is 0 Å². The van der Waals surface area contributed by atoms with Crippen LogP contribution in [0.15, 0.2) is 12.4 Å². The minimum atomic E-state index is 1.21. The standard InChI is InChI=1S/C25H49N2/c1-4-7-10-11-12-13-14-15-16-19-22-27-24-23-26(21-18-9-6-3)25(27)20-17-8-5-2/h23-24H,4-22H2,1-3H3/q+1. The lowest BCUT2D eigenvalue weighted by atomic mass is 10.1. The lowest BCUT2D eigenvalue weighted by molar-refractivity contribution is -0.704. The van der Waals surface area contributed by atoms with Crippen LogP contribution in [0.3, 0.4) is 0 Å². The summed E-state index contributed by atoms with van der Waals surface area (Å²) >= 11 is 0. The highest BCUT2D eigenvalue weighted by Crippen LogP contribution is 2.12. The molecule has 2 heteroatoms. The summed E-state index contributed by atoms with van der Waals surface area (Å²) in [6.45, 7) is 9.33. The minimum Gasteiger partial charge on any atom is -0.234 e. The van der Waals surface area contributed by atoms with Crippen LogP contribution in [0.4, 0.5) is 0 Å². The van der Waals surface area contributed by atoms with Gasteiger partial charge in [0.1, 0.15) is 12.4 Å². The number of nitrogens with zero attached hydrogens (tertiary/aromatic N) is 2. The fraction of sp³-hybridized carbons (Fsp3) is 0.880. The fourth-order valence-electron chi connectivity index (χ4n) is 4.03. The van der Waals surface area contributed by atoms with Gasteiger partial charge in [-0.2, -0.15) is 0 Å². The minimum absolute atomic E-state index is 1.21. The normalized spacial score (nSPS) is 11.4. The first-order valence-corrected chi connectivity index (χ1v) is 12.4. The molecule has 0 atom stereocenters. The molecule has 0 saturated heterocycles. The van der Waals surface area contributed by atoms with Crippen molar-refractivity contribution in [3.63, 3.8) is 0 Å². The van der Waals surface area contributed by atoms with Gasteiger partial charge in [-0.25, -0.2) is 9.13 Å². The molecule has 1 aromatic heterocycles. The second-order valence-electron chi connectivity index (χ2n) is 8.45. The largest absolute Gasteiger partial charge is 0.256 e. The third-order valence-corrected chi connectivity index (χ3v) is 5.85. The molecule has 27 heavy (non-hydrogen) atoms. The highest BCUT2D eigenvalue weighted by molar-refractivity contribution is 4.84. The molecular weight excluding hydrogens is 328 g/mol. The summed E-state index contributed by atoms with van der Waals surface area (Å²) < 4.78 is 5.11. The van der Waals surface area contributed by atoms with Gasteiger partial charge in [0.15, 0.2) is 0 Å². The zero-order valence-corrected chi connectivity index (χ0v) is 19.0. The number of hydrogen-bond acceptors (Lipinski definition) is 0. The lowest BCUT2D eigenvalue weighted by Gasteiger charge is -2.06. The second-order valence-corrected chi connectivity index (χ2v) is 8.45. The smallest absolute Gasteiger partial charge is 0.234 e. The first-order chi connectivity index (χ1) is 13.3. The molecule has 158 valence electrons. The summed E-state index contributed by atoms with van der Waals surface area (Å²) in [5.41, 5.74) is 0. The van der Waals surface area contributed by atoms with Crippen molar-refractivity contribution in [2.75, 3.05) is 0 Å². The van der Waals surface area contributed by atoms with Gasteiger partial charge in [-0.05, 0) is 32.1 Å². The van der Waals surface area contributed by atoms with E-state index in [1.165, 1.54) is 122 Å². The van der Waals surface area contributed by atoms with E-state index in [1.807, 2.05) is 0 Å². The molecule has 1 aromatic rings. The van der Waals surface area contributed by atoms with Crippen LogP contribution in [0.5, 0.6) is 0 Å². The molecule has 0 saturated carbocycles. The number of imidazole rings is 1. The molecule has 1 rings (SSSR count). The molecule has 1 heterocycles. The molecule has 0 radical (unpaired) electrons. The number of rotatable bonds is 19. The van der Waals surface area contributed by atoms with Crippen molar-refractivity contribution in [2.24, 2.45) is 0 Å². The number of aryl methyl sites for hydroxylation is 2. The van der Waals surface area contributed by atoms with Crippen molar-refractivity contribution in [3.8, 4) is 0 Å². The zero-order chi connectivity index (χ0) is 19.6. The van der Waals surface area contributed by atoms with Crippen molar-refractivity contribution in [2.45, 2.75) is 143 Å². The summed E-state index contributed by atoms with van der Waals surface area (Å²) in [5, 5.41) is 0. The van der Waals surface area contributed by atoms with Gasteiger partial charge < -0.3 is 0 Å². The van der Waals surface area contributed by atoms with Gasteiger partial charge in [-0.15, -0.1) is 0 Å². The molecule has 0 fully saturated rings. The van der Waals surface area contributed by atoms with Crippen LogP contribution in [0.2, 0.25) is 0 Å². The molecule has 0 aliphatic heterocycles. The first kappa shape index (κ1) is 24.2. The van der Waals surface area contributed by atoms with E-state index >= 15 is 0 Å². The SMILES string of the molecule is CCCCCCCCCCCCn1cc[n+](CCCCC)c1CCCCC. The summed E-state index contributed by atoms with van der Waals surface area (Å²) in [5.74, 6) is 1.58.